The van der Waals surface area contributed by atoms with Gasteiger partial charge >= 0.3 is 0 Å². The molecule has 0 spiro atoms. The van der Waals surface area contributed by atoms with Gasteiger partial charge in [-0.2, -0.15) is 0 Å². The maximum absolute atomic E-state index is 14.4. The summed E-state index contributed by atoms with van der Waals surface area (Å²) >= 11 is 0. The van der Waals surface area contributed by atoms with E-state index in [2.05, 4.69) is 16.3 Å². The zero-order chi connectivity index (χ0) is 16.8. The van der Waals surface area contributed by atoms with Crippen molar-refractivity contribution >= 4 is 5.91 Å². The summed E-state index contributed by atoms with van der Waals surface area (Å²) in [5, 5.41) is 1.77. The van der Waals surface area contributed by atoms with Gasteiger partial charge in [0.2, 0.25) is 11.8 Å². The van der Waals surface area contributed by atoms with Gasteiger partial charge in [-0.25, -0.2) is 20.3 Å². The molecule has 3 aliphatic heterocycles. The average Bonchev–Trinajstić information content (AvgIpc) is 2.92. The molecule has 0 aromatic carbocycles. The van der Waals surface area contributed by atoms with Crippen LogP contribution in [-0.4, -0.2) is 35.8 Å². The number of hydrazine groups is 2. The highest BCUT2D eigenvalue weighted by Gasteiger charge is 2.41. The lowest BCUT2D eigenvalue weighted by molar-refractivity contribution is -0.125. The molecule has 0 radical (unpaired) electrons. The van der Waals surface area contributed by atoms with Crippen molar-refractivity contribution in [3.8, 4) is 0 Å². The lowest BCUT2D eigenvalue weighted by atomic mass is 9.87. The summed E-state index contributed by atoms with van der Waals surface area (Å²) in [5.41, 5.74) is 9.34. The second kappa shape index (κ2) is 5.65. The van der Waals surface area contributed by atoms with Gasteiger partial charge in [0.05, 0.1) is 24.9 Å². The number of rotatable bonds is 3. The van der Waals surface area contributed by atoms with Gasteiger partial charge in [0.15, 0.2) is 0 Å². The van der Waals surface area contributed by atoms with Gasteiger partial charge in [-0.15, -0.1) is 0 Å². The van der Waals surface area contributed by atoms with E-state index in [1.165, 1.54) is 0 Å². The van der Waals surface area contributed by atoms with Crippen LogP contribution in [0, 0.1) is 5.92 Å². The van der Waals surface area contributed by atoms with Gasteiger partial charge in [-0.1, -0.05) is 6.92 Å². The predicted molar refractivity (Wildman–Crippen MR) is 84.1 cm³/mol. The SMILES string of the molecule is COC1=CC=C(C2NNC(=O)CC2C)C2=CC(C(C)(C)F)NN12. The zero-order valence-electron chi connectivity index (χ0n) is 13.8. The number of carbonyl (C=O) groups is 1. The molecule has 0 saturated carbocycles. The number of nitrogens with one attached hydrogen (secondary N) is 3. The summed E-state index contributed by atoms with van der Waals surface area (Å²) in [6, 6.07) is -0.495. The monoisotopic (exact) mass is 322 g/mol. The molecule has 126 valence electrons. The molecule has 1 amide bonds. The Morgan fingerprint density at radius 3 is 2.74 bits per heavy atom. The van der Waals surface area contributed by atoms with Gasteiger partial charge in [-0.3, -0.25) is 10.2 Å². The Balaban J connectivity index is 1.94. The Kier molecular flexibility index (Phi) is 3.93. The number of amides is 1. The number of carbonyl (C=O) groups excluding carboxylic acids is 1. The average molecular weight is 322 g/mol. The van der Waals surface area contributed by atoms with Gasteiger partial charge in [0.25, 0.3) is 0 Å². The molecule has 3 rings (SSSR count). The van der Waals surface area contributed by atoms with E-state index in [-0.39, 0.29) is 17.9 Å². The van der Waals surface area contributed by atoms with E-state index in [9.17, 15) is 9.18 Å². The fourth-order valence-electron chi connectivity index (χ4n) is 3.13. The fraction of sp³-hybridized carbons (Fsp3) is 0.562. The van der Waals surface area contributed by atoms with Crippen molar-refractivity contribution in [2.45, 2.75) is 44.9 Å². The van der Waals surface area contributed by atoms with Gasteiger partial charge in [-0.05, 0) is 37.5 Å². The van der Waals surface area contributed by atoms with Crippen LogP contribution in [0.1, 0.15) is 27.2 Å². The van der Waals surface area contributed by atoms with E-state index >= 15 is 0 Å². The van der Waals surface area contributed by atoms with E-state index in [0.29, 0.717) is 12.3 Å². The van der Waals surface area contributed by atoms with Crippen molar-refractivity contribution in [2.75, 3.05) is 7.11 Å². The maximum Gasteiger partial charge on any atom is 0.234 e. The maximum atomic E-state index is 14.4. The third-order valence-corrected chi connectivity index (χ3v) is 4.48. The molecule has 3 unspecified atom stereocenters. The minimum atomic E-state index is -1.41. The van der Waals surface area contributed by atoms with E-state index in [1.807, 2.05) is 25.2 Å². The molecule has 1 saturated heterocycles. The van der Waals surface area contributed by atoms with Crippen LogP contribution in [-0.2, 0) is 9.53 Å². The quantitative estimate of drug-likeness (QED) is 0.730. The first-order valence-corrected chi connectivity index (χ1v) is 7.79. The number of fused-ring (bicyclic) bond motifs is 1. The smallest absolute Gasteiger partial charge is 0.234 e. The van der Waals surface area contributed by atoms with Crippen LogP contribution in [0.25, 0.3) is 0 Å². The Hall–Kier alpha value is -1.86. The van der Waals surface area contributed by atoms with Gasteiger partial charge in [0, 0.05) is 12.5 Å². The summed E-state index contributed by atoms with van der Waals surface area (Å²) in [5.74, 6) is 0.725. The molecule has 3 aliphatic rings. The van der Waals surface area contributed by atoms with Gasteiger partial charge in [0.1, 0.15) is 5.67 Å². The Morgan fingerprint density at radius 1 is 1.39 bits per heavy atom. The van der Waals surface area contributed by atoms with Crippen molar-refractivity contribution in [3.05, 3.63) is 35.4 Å². The number of hydrogen-bond acceptors (Lipinski definition) is 5. The first kappa shape index (κ1) is 16.0. The second-order valence-corrected chi connectivity index (χ2v) is 6.74. The topological polar surface area (TPSA) is 65.6 Å². The summed E-state index contributed by atoms with van der Waals surface area (Å²) in [6.45, 7) is 5.11. The van der Waals surface area contributed by atoms with Crippen molar-refractivity contribution in [2.24, 2.45) is 5.92 Å². The zero-order valence-corrected chi connectivity index (χ0v) is 13.8. The normalized spacial score (nSPS) is 31.0. The molecule has 7 heteroatoms. The molecule has 1 fully saturated rings. The molecule has 0 bridgehead atoms. The molecule has 0 aliphatic carbocycles. The third-order valence-electron chi connectivity index (χ3n) is 4.48. The van der Waals surface area contributed by atoms with Crippen molar-refractivity contribution in [3.63, 3.8) is 0 Å². The summed E-state index contributed by atoms with van der Waals surface area (Å²) in [6.07, 6.45) is 6.14. The third kappa shape index (κ3) is 2.86. The number of alkyl halides is 1. The van der Waals surface area contributed by atoms with Crippen molar-refractivity contribution < 1.29 is 13.9 Å². The highest BCUT2D eigenvalue weighted by molar-refractivity contribution is 5.76. The van der Waals surface area contributed by atoms with Crippen molar-refractivity contribution in [1.82, 2.24) is 21.3 Å². The summed E-state index contributed by atoms with van der Waals surface area (Å²) in [7, 11) is 1.58. The summed E-state index contributed by atoms with van der Waals surface area (Å²) < 4.78 is 19.7. The lowest BCUT2D eigenvalue weighted by Crippen LogP contribution is -2.55. The lowest BCUT2D eigenvalue weighted by Gasteiger charge is -2.36. The van der Waals surface area contributed by atoms with Crippen LogP contribution in [0.3, 0.4) is 0 Å². The van der Waals surface area contributed by atoms with Gasteiger partial charge < -0.3 is 4.74 Å². The van der Waals surface area contributed by atoms with Crippen LogP contribution in [0.15, 0.2) is 35.4 Å². The molecule has 23 heavy (non-hydrogen) atoms. The van der Waals surface area contributed by atoms with Crippen molar-refractivity contribution in [1.29, 1.82) is 0 Å². The van der Waals surface area contributed by atoms with Crippen LogP contribution in [0.2, 0.25) is 0 Å². The molecule has 6 nitrogen and oxygen atoms in total. The molecule has 0 aromatic heterocycles. The molecular formula is C16H23FN4O2. The standard InChI is InChI=1S/C16H23FN4O2/c1-9-7-13(22)18-19-15(9)10-5-6-14(23-4)21-11(10)8-12(20-21)16(2,3)17/h5-6,8-9,12,15,19-20H,7H2,1-4H3,(H,18,22). The van der Waals surface area contributed by atoms with E-state index in [1.54, 1.807) is 26.0 Å². The van der Waals surface area contributed by atoms with Crippen LogP contribution < -0.4 is 16.3 Å². The molecule has 0 aromatic rings. The largest absolute Gasteiger partial charge is 0.481 e. The van der Waals surface area contributed by atoms with Crippen LogP contribution >= 0.6 is 0 Å². The molecule has 3 heterocycles. The minimum absolute atomic E-state index is 0.0172. The summed E-state index contributed by atoms with van der Waals surface area (Å²) in [4.78, 5) is 11.5. The first-order valence-electron chi connectivity index (χ1n) is 7.79. The molecule has 3 atom stereocenters. The second-order valence-electron chi connectivity index (χ2n) is 6.74. The van der Waals surface area contributed by atoms with E-state index in [0.717, 1.165) is 11.3 Å². The Labute approximate surface area is 135 Å². The predicted octanol–water partition coefficient (Wildman–Crippen LogP) is 1.26. The molecule has 3 N–H and O–H groups in total. The number of ether oxygens (including phenoxy) is 1. The highest BCUT2D eigenvalue weighted by atomic mass is 19.1. The first-order chi connectivity index (χ1) is 10.8. The fourth-order valence-corrected chi connectivity index (χ4v) is 3.13. The highest BCUT2D eigenvalue weighted by Crippen LogP contribution is 2.36. The molecular weight excluding hydrogens is 299 g/mol. The minimum Gasteiger partial charge on any atom is -0.481 e. The van der Waals surface area contributed by atoms with Crippen LogP contribution in [0.4, 0.5) is 4.39 Å². The number of hydrogen-bond donors (Lipinski definition) is 3. The Bertz CT molecular complexity index is 606. The number of methoxy groups -OCH3 is 1. The number of halogens is 1. The Morgan fingerprint density at radius 2 is 2.13 bits per heavy atom. The number of allylic oxidation sites excluding steroid dienone is 2. The van der Waals surface area contributed by atoms with E-state index in [4.69, 9.17) is 4.74 Å². The van der Waals surface area contributed by atoms with Crippen LogP contribution in [0.5, 0.6) is 0 Å². The number of nitrogens with zero attached hydrogens (tertiary/aromatic N) is 1. The van der Waals surface area contributed by atoms with E-state index < -0.39 is 11.7 Å².